The number of hydrogen-bond donors (Lipinski definition) is 0. The minimum absolute atomic E-state index is 0.642. The molecule has 1 atom stereocenters. The lowest BCUT2D eigenvalue weighted by molar-refractivity contribution is 1.34. The molecule has 58 valence electrons. The number of thioether (sulfide) groups is 2. The summed E-state index contributed by atoms with van der Waals surface area (Å²) in [6, 6.07) is 0. The summed E-state index contributed by atoms with van der Waals surface area (Å²) >= 11 is 4.04. The quantitative estimate of drug-likeness (QED) is 0.565. The van der Waals surface area contributed by atoms with Crippen LogP contribution in [0, 0.1) is 0 Å². The third kappa shape index (κ3) is 1.74. The van der Waals surface area contributed by atoms with Crippen molar-refractivity contribution in [3.63, 3.8) is 0 Å². The van der Waals surface area contributed by atoms with Gasteiger partial charge in [-0.2, -0.15) is 0 Å². The van der Waals surface area contributed by atoms with E-state index in [1.807, 2.05) is 23.5 Å². The van der Waals surface area contributed by atoms with E-state index in [-0.39, 0.29) is 0 Å². The van der Waals surface area contributed by atoms with Gasteiger partial charge in [0.2, 0.25) is 0 Å². The molecule has 1 saturated heterocycles. The molecule has 1 aliphatic heterocycles. The summed E-state index contributed by atoms with van der Waals surface area (Å²) in [6.45, 7) is 0. The van der Waals surface area contributed by atoms with E-state index >= 15 is 0 Å². The molecule has 2 rings (SSSR count). The van der Waals surface area contributed by atoms with Gasteiger partial charge < -0.3 is 0 Å². The first kappa shape index (κ1) is 7.56. The van der Waals surface area contributed by atoms with Crippen LogP contribution in [-0.4, -0.2) is 16.8 Å². The molecule has 0 bridgehead atoms. The molecule has 2 heteroatoms. The molecule has 0 aromatic carbocycles. The van der Waals surface area contributed by atoms with Crippen LogP contribution in [0.15, 0.2) is 35.3 Å². The van der Waals surface area contributed by atoms with Gasteiger partial charge in [0.15, 0.2) is 0 Å². The molecule has 0 radical (unpaired) electrons. The number of hydrogen-bond acceptors (Lipinski definition) is 2. The summed E-state index contributed by atoms with van der Waals surface area (Å²) in [5, 5.41) is 0.642. The van der Waals surface area contributed by atoms with E-state index in [0.717, 1.165) is 0 Å². The third-order valence-electron chi connectivity index (χ3n) is 1.70. The Morgan fingerprint density at radius 3 is 3.18 bits per heavy atom. The lowest BCUT2D eigenvalue weighted by Crippen LogP contribution is -2.08. The van der Waals surface area contributed by atoms with Crippen molar-refractivity contribution in [2.24, 2.45) is 0 Å². The Labute approximate surface area is 75.8 Å². The second-order valence-electron chi connectivity index (χ2n) is 2.48. The maximum Gasteiger partial charge on any atom is 0.0540 e. The van der Waals surface area contributed by atoms with E-state index < -0.39 is 0 Å². The molecule has 0 aromatic heterocycles. The van der Waals surface area contributed by atoms with Crippen molar-refractivity contribution >= 4 is 23.5 Å². The predicted octanol–water partition coefficient (Wildman–Crippen LogP) is 2.84. The van der Waals surface area contributed by atoms with E-state index in [9.17, 15) is 0 Å². The molecule has 11 heavy (non-hydrogen) atoms. The van der Waals surface area contributed by atoms with Crippen LogP contribution in [-0.2, 0) is 0 Å². The zero-order valence-electron chi connectivity index (χ0n) is 6.19. The fourth-order valence-corrected chi connectivity index (χ4v) is 3.65. The van der Waals surface area contributed by atoms with Crippen LogP contribution in [0.3, 0.4) is 0 Å². The fraction of sp³-hybridized carbons (Fsp3) is 0.333. The molecule has 0 aromatic rings. The van der Waals surface area contributed by atoms with Crippen molar-refractivity contribution in [2.45, 2.75) is 5.25 Å². The topological polar surface area (TPSA) is 0 Å². The van der Waals surface area contributed by atoms with Crippen LogP contribution in [0.5, 0.6) is 0 Å². The average molecular weight is 182 g/mol. The van der Waals surface area contributed by atoms with Gasteiger partial charge in [0.05, 0.1) is 5.25 Å². The lowest BCUT2D eigenvalue weighted by Gasteiger charge is -2.20. The Morgan fingerprint density at radius 2 is 2.18 bits per heavy atom. The molecular formula is C9H10S2. The second-order valence-corrected chi connectivity index (χ2v) is 4.90. The van der Waals surface area contributed by atoms with Crippen LogP contribution in [0.2, 0.25) is 0 Å². The zero-order chi connectivity index (χ0) is 7.52. The van der Waals surface area contributed by atoms with Crippen LogP contribution >= 0.6 is 23.5 Å². The standard InChI is InChI=1S/C9H10S2/c1-2-4-8-9(5-3-1)11-7-6-10-8/h1-5,8H,6-7H2. The highest BCUT2D eigenvalue weighted by Gasteiger charge is 2.16. The molecule has 2 aliphatic rings. The van der Waals surface area contributed by atoms with E-state index in [4.69, 9.17) is 0 Å². The molecular weight excluding hydrogens is 172 g/mol. The highest BCUT2D eigenvalue weighted by molar-refractivity contribution is 8.09. The summed E-state index contributed by atoms with van der Waals surface area (Å²) in [6.07, 6.45) is 10.9. The molecule has 1 heterocycles. The van der Waals surface area contributed by atoms with Crippen LogP contribution in [0.1, 0.15) is 0 Å². The Kier molecular flexibility index (Phi) is 2.44. The maximum absolute atomic E-state index is 2.28. The first-order valence-corrected chi connectivity index (χ1v) is 5.80. The molecule has 0 saturated carbocycles. The van der Waals surface area contributed by atoms with Crippen LogP contribution in [0.25, 0.3) is 0 Å². The van der Waals surface area contributed by atoms with E-state index in [2.05, 4.69) is 30.4 Å². The van der Waals surface area contributed by atoms with Crippen molar-refractivity contribution in [1.29, 1.82) is 0 Å². The third-order valence-corrected chi connectivity index (χ3v) is 4.45. The molecule has 0 N–H and O–H groups in total. The minimum Gasteiger partial charge on any atom is -0.148 e. The van der Waals surface area contributed by atoms with Crippen LogP contribution in [0.4, 0.5) is 0 Å². The van der Waals surface area contributed by atoms with Gasteiger partial charge >= 0.3 is 0 Å². The van der Waals surface area contributed by atoms with Crippen molar-refractivity contribution in [3.8, 4) is 0 Å². The highest BCUT2D eigenvalue weighted by atomic mass is 32.2. The molecule has 1 fully saturated rings. The summed E-state index contributed by atoms with van der Waals surface area (Å²) < 4.78 is 0. The Morgan fingerprint density at radius 1 is 1.18 bits per heavy atom. The molecule has 1 aliphatic carbocycles. The Bertz CT molecular complexity index is 226. The first-order valence-electron chi connectivity index (χ1n) is 3.76. The monoisotopic (exact) mass is 182 g/mol. The summed E-state index contributed by atoms with van der Waals surface area (Å²) in [5.41, 5.74) is 0. The lowest BCUT2D eigenvalue weighted by atomic mass is 10.3. The van der Waals surface area contributed by atoms with Crippen molar-refractivity contribution in [1.82, 2.24) is 0 Å². The van der Waals surface area contributed by atoms with E-state index in [1.165, 1.54) is 16.4 Å². The van der Waals surface area contributed by atoms with Crippen molar-refractivity contribution in [2.75, 3.05) is 11.5 Å². The molecule has 0 spiro atoms. The van der Waals surface area contributed by atoms with Gasteiger partial charge in [0, 0.05) is 16.4 Å². The Balaban J connectivity index is 2.21. The maximum atomic E-state index is 2.28. The highest BCUT2D eigenvalue weighted by Crippen LogP contribution is 2.36. The average Bonchev–Trinajstić information content (AvgIpc) is 2.28. The van der Waals surface area contributed by atoms with E-state index in [0.29, 0.717) is 5.25 Å². The molecule has 0 amide bonds. The smallest absolute Gasteiger partial charge is 0.0540 e. The zero-order valence-corrected chi connectivity index (χ0v) is 7.83. The van der Waals surface area contributed by atoms with Gasteiger partial charge in [0.1, 0.15) is 0 Å². The first-order chi connectivity index (χ1) is 5.47. The van der Waals surface area contributed by atoms with Gasteiger partial charge in [-0.15, -0.1) is 23.5 Å². The molecule has 1 unspecified atom stereocenters. The van der Waals surface area contributed by atoms with Gasteiger partial charge in [-0.3, -0.25) is 0 Å². The number of fused-ring (bicyclic) bond motifs is 1. The van der Waals surface area contributed by atoms with Gasteiger partial charge in [-0.1, -0.05) is 30.4 Å². The summed E-state index contributed by atoms with van der Waals surface area (Å²) in [4.78, 5) is 1.52. The fourth-order valence-electron chi connectivity index (χ4n) is 1.17. The minimum atomic E-state index is 0.642. The van der Waals surface area contributed by atoms with Crippen molar-refractivity contribution in [3.05, 3.63) is 35.3 Å². The van der Waals surface area contributed by atoms with Crippen molar-refractivity contribution < 1.29 is 0 Å². The predicted molar refractivity (Wildman–Crippen MR) is 55.1 cm³/mol. The van der Waals surface area contributed by atoms with Gasteiger partial charge in [-0.25, -0.2) is 0 Å². The SMILES string of the molecule is C1=CC=C2SCCSC2C=C1. The summed E-state index contributed by atoms with van der Waals surface area (Å²) in [5.74, 6) is 2.56. The number of rotatable bonds is 0. The van der Waals surface area contributed by atoms with Gasteiger partial charge in [0.25, 0.3) is 0 Å². The largest absolute Gasteiger partial charge is 0.148 e. The number of allylic oxidation sites excluding steroid dienone is 4. The van der Waals surface area contributed by atoms with Crippen LogP contribution < -0.4 is 0 Å². The normalized spacial score (nSPS) is 29.1. The van der Waals surface area contributed by atoms with E-state index in [1.54, 1.807) is 0 Å². The van der Waals surface area contributed by atoms with Gasteiger partial charge in [-0.05, 0) is 0 Å². The summed E-state index contributed by atoms with van der Waals surface area (Å²) in [7, 11) is 0. The second kappa shape index (κ2) is 3.55. The molecule has 0 nitrogen and oxygen atoms in total. The Hall–Kier alpha value is -0.0800.